The summed E-state index contributed by atoms with van der Waals surface area (Å²) in [6.07, 6.45) is 4.27. The summed E-state index contributed by atoms with van der Waals surface area (Å²) in [4.78, 5) is 0. The fourth-order valence-electron chi connectivity index (χ4n) is 1.89. The van der Waals surface area contributed by atoms with E-state index in [0.29, 0.717) is 0 Å². The van der Waals surface area contributed by atoms with Gasteiger partial charge in [-0.25, -0.2) is 0 Å². The third-order valence-electron chi connectivity index (χ3n) is 2.71. The van der Waals surface area contributed by atoms with E-state index in [0.717, 1.165) is 15.8 Å². The van der Waals surface area contributed by atoms with Crippen molar-refractivity contribution >= 4 is 39.5 Å². The van der Waals surface area contributed by atoms with Crippen LogP contribution in [0.15, 0.2) is 46.9 Å². The van der Waals surface area contributed by atoms with Crippen LogP contribution in [0.2, 0.25) is 0 Å². The van der Waals surface area contributed by atoms with Crippen LogP contribution >= 0.6 is 15.9 Å². The van der Waals surface area contributed by atoms with Gasteiger partial charge in [0.25, 0.3) is 0 Å². The van der Waals surface area contributed by atoms with Gasteiger partial charge in [-0.1, -0.05) is 52.3 Å². The van der Waals surface area contributed by atoms with E-state index in [1.807, 2.05) is 12.1 Å². The molecule has 0 radical (unpaired) electrons. The average molecular weight is 272 g/mol. The molecule has 0 amide bonds. The van der Waals surface area contributed by atoms with E-state index in [9.17, 15) is 0 Å². The minimum Gasteiger partial charge on any atom is -0.355 e. The number of anilines is 2. The monoisotopic (exact) mass is 271 g/mol. The Bertz CT molecular complexity index is 573. The standard InChI is InChI=1S/C14H10BrN/c15-12-5-3-7-14-11(12)9-8-10-4-1-2-6-13(10)16-14/h1-9,16H. The number of fused-ring (bicyclic) bond motifs is 2. The molecule has 0 unspecified atom stereocenters. The summed E-state index contributed by atoms with van der Waals surface area (Å²) >= 11 is 3.57. The van der Waals surface area contributed by atoms with E-state index < -0.39 is 0 Å². The largest absolute Gasteiger partial charge is 0.355 e. The molecule has 2 aromatic carbocycles. The number of rotatable bonds is 0. The number of para-hydroxylation sites is 1. The molecule has 1 aliphatic heterocycles. The summed E-state index contributed by atoms with van der Waals surface area (Å²) in [6, 6.07) is 14.5. The predicted molar refractivity (Wildman–Crippen MR) is 72.8 cm³/mol. The molecule has 0 spiro atoms. The lowest BCUT2D eigenvalue weighted by Crippen LogP contribution is -1.93. The fraction of sp³-hybridized carbons (Fsp3) is 0. The predicted octanol–water partition coefficient (Wildman–Crippen LogP) is 4.68. The van der Waals surface area contributed by atoms with Crippen LogP contribution in [0.1, 0.15) is 11.1 Å². The highest BCUT2D eigenvalue weighted by atomic mass is 79.9. The maximum atomic E-state index is 3.57. The molecule has 16 heavy (non-hydrogen) atoms. The van der Waals surface area contributed by atoms with E-state index in [4.69, 9.17) is 0 Å². The van der Waals surface area contributed by atoms with Gasteiger partial charge in [0.1, 0.15) is 0 Å². The Balaban J connectivity index is 2.21. The van der Waals surface area contributed by atoms with Crippen LogP contribution in [0.4, 0.5) is 11.4 Å². The van der Waals surface area contributed by atoms with Crippen LogP contribution < -0.4 is 5.32 Å². The molecule has 0 aliphatic carbocycles. The van der Waals surface area contributed by atoms with Gasteiger partial charge in [0.2, 0.25) is 0 Å². The molecule has 2 heteroatoms. The Kier molecular flexibility index (Phi) is 2.29. The SMILES string of the molecule is Brc1cccc2c1C=Cc1ccccc1N2. The smallest absolute Gasteiger partial charge is 0.0469 e. The molecule has 0 bridgehead atoms. The molecular weight excluding hydrogens is 262 g/mol. The summed E-state index contributed by atoms with van der Waals surface area (Å²) in [7, 11) is 0. The first kappa shape index (κ1) is 9.67. The molecule has 0 fully saturated rings. The molecule has 78 valence electrons. The van der Waals surface area contributed by atoms with Crippen LogP contribution in [0.25, 0.3) is 12.2 Å². The van der Waals surface area contributed by atoms with Gasteiger partial charge in [-0.15, -0.1) is 0 Å². The second kappa shape index (κ2) is 3.80. The molecule has 1 N–H and O–H groups in total. The van der Waals surface area contributed by atoms with Crippen LogP contribution in [0, 0.1) is 0 Å². The Morgan fingerprint density at radius 2 is 1.62 bits per heavy atom. The van der Waals surface area contributed by atoms with Gasteiger partial charge in [0, 0.05) is 21.4 Å². The number of hydrogen-bond acceptors (Lipinski definition) is 1. The minimum absolute atomic E-state index is 1.11. The van der Waals surface area contributed by atoms with Crippen molar-refractivity contribution in [2.24, 2.45) is 0 Å². The second-order valence-electron chi connectivity index (χ2n) is 3.75. The van der Waals surface area contributed by atoms with Crippen LogP contribution in [0.3, 0.4) is 0 Å². The van der Waals surface area contributed by atoms with Gasteiger partial charge < -0.3 is 5.32 Å². The topological polar surface area (TPSA) is 12.0 Å². The summed E-state index contributed by atoms with van der Waals surface area (Å²) in [6.45, 7) is 0. The first-order valence-corrected chi connectivity index (χ1v) is 5.96. The fourth-order valence-corrected chi connectivity index (χ4v) is 2.39. The van der Waals surface area contributed by atoms with Crippen molar-refractivity contribution in [1.29, 1.82) is 0 Å². The molecule has 1 aliphatic rings. The van der Waals surface area contributed by atoms with Gasteiger partial charge in [-0.3, -0.25) is 0 Å². The number of hydrogen-bond donors (Lipinski definition) is 1. The highest BCUT2D eigenvalue weighted by Gasteiger charge is 2.09. The molecular formula is C14H10BrN. The molecule has 0 saturated carbocycles. The van der Waals surface area contributed by atoms with Gasteiger partial charge in [-0.2, -0.15) is 0 Å². The first-order valence-electron chi connectivity index (χ1n) is 5.17. The minimum atomic E-state index is 1.11. The van der Waals surface area contributed by atoms with Gasteiger partial charge in [0.05, 0.1) is 0 Å². The summed E-state index contributed by atoms with van der Waals surface area (Å²) < 4.78 is 1.11. The second-order valence-corrected chi connectivity index (χ2v) is 4.60. The van der Waals surface area contributed by atoms with E-state index in [1.54, 1.807) is 0 Å². The van der Waals surface area contributed by atoms with Crippen molar-refractivity contribution in [3.63, 3.8) is 0 Å². The Hall–Kier alpha value is -1.54. The Labute approximate surface area is 103 Å². The van der Waals surface area contributed by atoms with Crippen LogP contribution in [-0.2, 0) is 0 Å². The molecule has 1 heterocycles. The molecule has 0 saturated heterocycles. The Morgan fingerprint density at radius 3 is 2.56 bits per heavy atom. The summed E-state index contributed by atoms with van der Waals surface area (Å²) in [5.74, 6) is 0. The van der Waals surface area contributed by atoms with Gasteiger partial charge in [-0.05, 0) is 23.8 Å². The summed E-state index contributed by atoms with van der Waals surface area (Å²) in [5, 5.41) is 3.45. The van der Waals surface area contributed by atoms with E-state index >= 15 is 0 Å². The van der Waals surface area contributed by atoms with Crippen LogP contribution in [-0.4, -0.2) is 0 Å². The highest BCUT2D eigenvalue weighted by Crippen LogP contribution is 2.33. The first-order chi connectivity index (χ1) is 7.84. The molecule has 3 rings (SSSR count). The normalized spacial score (nSPS) is 12.3. The maximum absolute atomic E-state index is 3.57. The van der Waals surface area contributed by atoms with Crippen LogP contribution in [0.5, 0.6) is 0 Å². The zero-order valence-electron chi connectivity index (χ0n) is 8.57. The number of halogens is 1. The molecule has 0 aromatic heterocycles. The average Bonchev–Trinajstić information content (AvgIpc) is 2.48. The highest BCUT2D eigenvalue weighted by molar-refractivity contribution is 9.10. The zero-order valence-corrected chi connectivity index (χ0v) is 10.2. The van der Waals surface area contributed by atoms with E-state index in [-0.39, 0.29) is 0 Å². The van der Waals surface area contributed by atoms with Crippen molar-refractivity contribution < 1.29 is 0 Å². The third-order valence-corrected chi connectivity index (χ3v) is 3.40. The Morgan fingerprint density at radius 1 is 0.812 bits per heavy atom. The van der Waals surface area contributed by atoms with Gasteiger partial charge >= 0.3 is 0 Å². The quantitative estimate of drug-likeness (QED) is 0.626. The van der Waals surface area contributed by atoms with Gasteiger partial charge in [0.15, 0.2) is 0 Å². The number of benzene rings is 2. The molecule has 0 atom stereocenters. The third kappa shape index (κ3) is 1.55. The lowest BCUT2D eigenvalue weighted by Gasteiger charge is -2.10. The molecule has 1 nitrogen and oxygen atoms in total. The summed E-state index contributed by atoms with van der Waals surface area (Å²) in [5.41, 5.74) is 4.69. The lowest BCUT2D eigenvalue weighted by atomic mass is 10.1. The zero-order chi connectivity index (χ0) is 11.0. The van der Waals surface area contributed by atoms with Crippen molar-refractivity contribution in [3.05, 3.63) is 58.1 Å². The maximum Gasteiger partial charge on any atom is 0.0469 e. The van der Waals surface area contributed by atoms with Crippen molar-refractivity contribution in [2.45, 2.75) is 0 Å². The lowest BCUT2D eigenvalue weighted by molar-refractivity contribution is 1.52. The number of nitrogens with one attached hydrogen (secondary N) is 1. The molecule has 2 aromatic rings. The van der Waals surface area contributed by atoms with Crippen molar-refractivity contribution in [3.8, 4) is 0 Å². The van der Waals surface area contributed by atoms with E-state index in [1.165, 1.54) is 11.1 Å². The van der Waals surface area contributed by atoms with E-state index in [2.05, 4.69) is 63.7 Å². The van der Waals surface area contributed by atoms with Crippen molar-refractivity contribution in [1.82, 2.24) is 0 Å². The van der Waals surface area contributed by atoms with Crippen molar-refractivity contribution in [2.75, 3.05) is 5.32 Å².